The summed E-state index contributed by atoms with van der Waals surface area (Å²) < 4.78 is 16.3. The van der Waals surface area contributed by atoms with Crippen molar-refractivity contribution >= 4 is 17.5 Å². The Bertz CT molecular complexity index is 1240. The summed E-state index contributed by atoms with van der Waals surface area (Å²) in [5.41, 5.74) is 1.31. The van der Waals surface area contributed by atoms with Crippen LogP contribution in [0.5, 0.6) is 0 Å². The number of benzene rings is 1. The number of nitro groups is 1. The first-order valence-electron chi connectivity index (χ1n) is 11.6. The van der Waals surface area contributed by atoms with E-state index in [4.69, 9.17) is 0 Å². The van der Waals surface area contributed by atoms with Crippen molar-refractivity contribution in [3.8, 4) is 5.69 Å². The summed E-state index contributed by atoms with van der Waals surface area (Å²) in [6.45, 7) is 3.91. The van der Waals surface area contributed by atoms with Crippen LogP contribution in [-0.4, -0.2) is 66.5 Å². The molecule has 1 unspecified atom stereocenters. The van der Waals surface area contributed by atoms with Crippen LogP contribution in [0, 0.1) is 21.3 Å². The van der Waals surface area contributed by atoms with E-state index in [2.05, 4.69) is 20.4 Å². The van der Waals surface area contributed by atoms with Crippen molar-refractivity contribution < 1.29 is 14.1 Å². The van der Waals surface area contributed by atoms with Crippen molar-refractivity contribution in [1.82, 2.24) is 29.4 Å². The van der Waals surface area contributed by atoms with Gasteiger partial charge in [-0.05, 0) is 50.1 Å². The fourth-order valence-electron chi connectivity index (χ4n) is 5.19. The predicted molar refractivity (Wildman–Crippen MR) is 126 cm³/mol. The number of likely N-dealkylation sites (tertiary alicyclic amines) is 2. The molecule has 5 rings (SSSR count). The van der Waals surface area contributed by atoms with Crippen LogP contribution in [0.1, 0.15) is 24.8 Å². The highest BCUT2D eigenvalue weighted by Gasteiger charge is 2.43. The SMILES string of the molecule is Cn1cc(CN2CCCC3(CCN(C(=O)Nc4nn(-c5ccc(F)cc5)cc4[N+](=O)[O-])C3)C2)cn1. The third-order valence-corrected chi connectivity index (χ3v) is 6.84. The van der Waals surface area contributed by atoms with E-state index in [0.717, 1.165) is 38.9 Å². The summed E-state index contributed by atoms with van der Waals surface area (Å²) in [5, 5.41) is 22.6. The Morgan fingerprint density at radius 1 is 1.20 bits per heavy atom. The lowest BCUT2D eigenvalue weighted by atomic mass is 9.79. The Kier molecular flexibility index (Phi) is 5.97. The standard InChI is InChI=1S/C23H27FN8O3/c1-28-12-17(11-25-28)13-29-9-2-7-23(15-29)8-10-30(16-23)22(33)26-21-20(32(34)35)14-31(27-21)19-5-3-18(24)4-6-19/h3-6,11-12,14H,2,7-10,13,15-16H2,1H3,(H,26,27,33). The van der Waals surface area contributed by atoms with Gasteiger partial charge in [0.25, 0.3) is 0 Å². The number of aryl methyl sites for hydroxylation is 1. The van der Waals surface area contributed by atoms with Gasteiger partial charge in [0.15, 0.2) is 0 Å². The fourth-order valence-corrected chi connectivity index (χ4v) is 5.19. The van der Waals surface area contributed by atoms with Gasteiger partial charge in [0.2, 0.25) is 5.82 Å². The molecule has 12 heteroatoms. The van der Waals surface area contributed by atoms with Crippen molar-refractivity contribution in [2.75, 3.05) is 31.5 Å². The lowest BCUT2D eigenvalue weighted by molar-refractivity contribution is -0.384. The summed E-state index contributed by atoms with van der Waals surface area (Å²) in [7, 11) is 1.90. The van der Waals surface area contributed by atoms with Crippen LogP contribution < -0.4 is 5.32 Å². The minimum absolute atomic E-state index is 0.0111. The lowest BCUT2D eigenvalue weighted by Crippen LogP contribution is -2.45. The smallest absolute Gasteiger partial charge is 0.324 e. The number of hydrogen-bond donors (Lipinski definition) is 1. The highest BCUT2D eigenvalue weighted by atomic mass is 19.1. The van der Waals surface area contributed by atoms with Crippen molar-refractivity contribution in [3.63, 3.8) is 0 Å². The third kappa shape index (κ3) is 4.87. The maximum absolute atomic E-state index is 13.2. The number of urea groups is 1. The Morgan fingerprint density at radius 2 is 2.00 bits per heavy atom. The second-order valence-corrected chi connectivity index (χ2v) is 9.48. The normalized spacial score (nSPS) is 20.5. The summed E-state index contributed by atoms with van der Waals surface area (Å²) in [6, 6.07) is 5.00. The number of rotatable bonds is 5. The molecule has 2 fully saturated rings. The van der Waals surface area contributed by atoms with E-state index in [0.29, 0.717) is 18.8 Å². The third-order valence-electron chi connectivity index (χ3n) is 6.84. The lowest BCUT2D eigenvalue weighted by Gasteiger charge is -2.40. The molecule has 2 aliphatic heterocycles. The van der Waals surface area contributed by atoms with E-state index in [1.54, 1.807) is 9.58 Å². The molecule has 0 radical (unpaired) electrons. The molecule has 0 aliphatic carbocycles. The van der Waals surface area contributed by atoms with Gasteiger partial charge in [-0.15, -0.1) is 5.10 Å². The van der Waals surface area contributed by atoms with Crippen molar-refractivity contribution in [3.05, 3.63) is 64.4 Å². The second kappa shape index (κ2) is 9.10. The molecule has 4 heterocycles. The minimum Gasteiger partial charge on any atom is -0.324 e. The largest absolute Gasteiger partial charge is 0.331 e. The number of aromatic nitrogens is 4. The highest BCUT2D eigenvalue weighted by molar-refractivity contribution is 5.90. The number of carbonyl (C=O) groups excluding carboxylic acids is 1. The van der Waals surface area contributed by atoms with Gasteiger partial charge in [0.05, 0.1) is 16.8 Å². The molecular formula is C23H27FN8O3. The van der Waals surface area contributed by atoms with E-state index in [-0.39, 0.29) is 16.9 Å². The number of nitrogens with zero attached hydrogens (tertiary/aromatic N) is 7. The van der Waals surface area contributed by atoms with E-state index in [1.165, 1.54) is 40.7 Å². The number of amides is 2. The first kappa shape index (κ1) is 23.0. The van der Waals surface area contributed by atoms with Gasteiger partial charge in [-0.3, -0.25) is 25.0 Å². The van der Waals surface area contributed by atoms with E-state index in [9.17, 15) is 19.3 Å². The van der Waals surface area contributed by atoms with Crippen LogP contribution in [0.25, 0.3) is 5.69 Å². The van der Waals surface area contributed by atoms with Crippen LogP contribution in [0.15, 0.2) is 42.9 Å². The molecule has 1 aromatic carbocycles. The number of hydrogen-bond acceptors (Lipinski definition) is 6. The molecule has 2 saturated heterocycles. The molecule has 2 amide bonds. The van der Waals surface area contributed by atoms with Gasteiger partial charge < -0.3 is 4.90 Å². The molecule has 184 valence electrons. The quantitative estimate of drug-likeness (QED) is 0.441. The number of anilines is 1. The molecule has 1 N–H and O–H groups in total. The number of halogens is 1. The molecule has 3 aromatic rings. The van der Waals surface area contributed by atoms with Gasteiger partial charge in [-0.2, -0.15) is 5.10 Å². The molecule has 1 atom stereocenters. The fraction of sp³-hybridized carbons (Fsp3) is 0.435. The summed E-state index contributed by atoms with van der Waals surface area (Å²) in [5.74, 6) is -0.555. The summed E-state index contributed by atoms with van der Waals surface area (Å²) in [6.07, 6.45) is 8.10. The average Bonchev–Trinajstić information content (AvgIpc) is 3.54. The zero-order valence-electron chi connectivity index (χ0n) is 19.4. The summed E-state index contributed by atoms with van der Waals surface area (Å²) >= 11 is 0. The van der Waals surface area contributed by atoms with Gasteiger partial charge in [0, 0.05) is 50.4 Å². The van der Waals surface area contributed by atoms with Gasteiger partial charge >= 0.3 is 11.7 Å². The Balaban J connectivity index is 1.26. The van der Waals surface area contributed by atoms with Crippen molar-refractivity contribution in [2.24, 2.45) is 12.5 Å². The van der Waals surface area contributed by atoms with E-state index < -0.39 is 16.8 Å². The van der Waals surface area contributed by atoms with Crippen LogP contribution in [0.2, 0.25) is 0 Å². The Labute approximate surface area is 201 Å². The molecule has 35 heavy (non-hydrogen) atoms. The van der Waals surface area contributed by atoms with Crippen LogP contribution in [0.3, 0.4) is 0 Å². The van der Waals surface area contributed by atoms with Crippen molar-refractivity contribution in [1.29, 1.82) is 0 Å². The van der Waals surface area contributed by atoms with Gasteiger partial charge in [0.1, 0.15) is 12.0 Å². The maximum Gasteiger partial charge on any atom is 0.331 e. The monoisotopic (exact) mass is 482 g/mol. The first-order valence-corrected chi connectivity index (χ1v) is 11.6. The summed E-state index contributed by atoms with van der Waals surface area (Å²) in [4.78, 5) is 28.2. The maximum atomic E-state index is 13.2. The number of carbonyl (C=O) groups is 1. The molecular weight excluding hydrogens is 455 g/mol. The van der Waals surface area contributed by atoms with Crippen molar-refractivity contribution in [2.45, 2.75) is 25.8 Å². The molecule has 2 aliphatic rings. The molecule has 0 saturated carbocycles. The zero-order valence-corrected chi connectivity index (χ0v) is 19.4. The molecule has 2 aromatic heterocycles. The molecule has 1 spiro atoms. The zero-order chi connectivity index (χ0) is 24.6. The minimum atomic E-state index is -0.592. The van der Waals surface area contributed by atoms with E-state index >= 15 is 0 Å². The predicted octanol–water partition coefficient (Wildman–Crippen LogP) is 3.17. The first-order chi connectivity index (χ1) is 16.8. The van der Waals surface area contributed by atoms with Crippen LogP contribution >= 0.6 is 0 Å². The van der Waals surface area contributed by atoms with Crippen LogP contribution in [0.4, 0.5) is 20.7 Å². The number of nitrogens with one attached hydrogen (secondary N) is 1. The Hall–Kier alpha value is -3.80. The average molecular weight is 483 g/mol. The van der Waals surface area contributed by atoms with Gasteiger partial charge in [-0.1, -0.05) is 0 Å². The second-order valence-electron chi connectivity index (χ2n) is 9.48. The van der Waals surface area contributed by atoms with Gasteiger partial charge in [-0.25, -0.2) is 13.9 Å². The molecule has 11 nitrogen and oxygen atoms in total. The topological polar surface area (TPSA) is 114 Å². The van der Waals surface area contributed by atoms with Crippen LogP contribution in [-0.2, 0) is 13.6 Å². The molecule has 0 bridgehead atoms. The van der Waals surface area contributed by atoms with E-state index in [1.807, 2.05) is 19.4 Å². The highest BCUT2D eigenvalue weighted by Crippen LogP contribution is 2.39. The Morgan fingerprint density at radius 3 is 2.71 bits per heavy atom. The number of piperidine rings is 1.